The maximum Gasteiger partial charge on any atom is -0.000381 e. The van der Waals surface area contributed by atoms with Gasteiger partial charge >= 0.3 is 0 Å². The highest BCUT2D eigenvalue weighted by Gasteiger charge is 2.43. The molecule has 1 unspecified atom stereocenters. The number of rotatable bonds is 1. The standard InChI is InChI=1S/C17H25N/c1-13-5-6-14-7-8-15(12-18)17(16(14)11-13)9-3-2-4-10-17/h5-6,11,15H,2-4,7-10,12,18H2,1H3. The van der Waals surface area contributed by atoms with E-state index >= 15 is 0 Å². The van der Waals surface area contributed by atoms with Crippen LogP contribution in [0.15, 0.2) is 18.2 Å². The molecular formula is C17H25N. The van der Waals surface area contributed by atoms with E-state index in [4.69, 9.17) is 5.73 Å². The van der Waals surface area contributed by atoms with Crippen LogP contribution in [0.1, 0.15) is 55.2 Å². The summed E-state index contributed by atoms with van der Waals surface area (Å²) in [6.07, 6.45) is 9.47. The zero-order valence-corrected chi connectivity index (χ0v) is 11.5. The largest absolute Gasteiger partial charge is 0.330 e. The molecule has 1 saturated carbocycles. The molecule has 0 radical (unpaired) electrons. The van der Waals surface area contributed by atoms with Gasteiger partial charge in [0.15, 0.2) is 0 Å². The fourth-order valence-electron chi connectivity index (χ4n) is 4.40. The average molecular weight is 243 g/mol. The van der Waals surface area contributed by atoms with Gasteiger partial charge in [-0.2, -0.15) is 0 Å². The van der Waals surface area contributed by atoms with Gasteiger partial charge in [0.1, 0.15) is 0 Å². The number of hydrogen-bond acceptors (Lipinski definition) is 1. The van der Waals surface area contributed by atoms with Crippen LogP contribution >= 0.6 is 0 Å². The van der Waals surface area contributed by atoms with E-state index in [9.17, 15) is 0 Å². The summed E-state index contributed by atoms with van der Waals surface area (Å²) in [5.41, 5.74) is 11.2. The highest BCUT2D eigenvalue weighted by molar-refractivity contribution is 5.41. The van der Waals surface area contributed by atoms with Crippen molar-refractivity contribution in [2.75, 3.05) is 6.54 Å². The van der Waals surface area contributed by atoms with Gasteiger partial charge in [-0.1, -0.05) is 43.0 Å². The summed E-state index contributed by atoms with van der Waals surface area (Å²) < 4.78 is 0. The molecule has 1 nitrogen and oxygen atoms in total. The summed E-state index contributed by atoms with van der Waals surface area (Å²) in [5.74, 6) is 0.715. The first-order chi connectivity index (χ1) is 8.76. The summed E-state index contributed by atoms with van der Waals surface area (Å²) in [5, 5.41) is 0. The summed E-state index contributed by atoms with van der Waals surface area (Å²) in [6.45, 7) is 3.09. The molecule has 2 aliphatic rings. The third-order valence-corrected chi connectivity index (χ3v) is 5.38. The predicted molar refractivity (Wildman–Crippen MR) is 76.8 cm³/mol. The minimum Gasteiger partial charge on any atom is -0.330 e. The van der Waals surface area contributed by atoms with E-state index in [1.807, 2.05) is 0 Å². The molecule has 3 rings (SSSR count). The Morgan fingerprint density at radius 3 is 2.72 bits per heavy atom. The van der Waals surface area contributed by atoms with Crippen molar-refractivity contribution in [2.24, 2.45) is 11.7 Å². The molecule has 2 N–H and O–H groups in total. The molecule has 0 amide bonds. The molecule has 1 fully saturated rings. The fraction of sp³-hybridized carbons (Fsp3) is 0.647. The number of hydrogen-bond donors (Lipinski definition) is 1. The van der Waals surface area contributed by atoms with Crippen LogP contribution in [0.4, 0.5) is 0 Å². The van der Waals surface area contributed by atoms with Crippen LogP contribution in [0.3, 0.4) is 0 Å². The third-order valence-electron chi connectivity index (χ3n) is 5.38. The summed E-state index contributed by atoms with van der Waals surface area (Å²) in [4.78, 5) is 0. The quantitative estimate of drug-likeness (QED) is 0.799. The van der Waals surface area contributed by atoms with Crippen molar-refractivity contribution in [3.05, 3.63) is 34.9 Å². The highest BCUT2D eigenvalue weighted by Crippen LogP contribution is 2.50. The molecule has 1 heteroatoms. The lowest BCUT2D eigenvalue weighted by atomic mass is 9.57. The van der Waals surface area contributed by atoms with Gasteiger partial charge in [0, 0.05) is 0 Å². The van der Waals surface area contributed by atoms with Crippen molar-refractivity contribution in [1.29, 1.82) is 0 Å². The zero-order valence-electron chi connectivity index (χ0n) is 11.5. The van der Waals surface area contributed by atoms with Crippen LogP contribution in [0.25, 0.3) is 0 Å². The van der Waals surface area contributed by atoms with E-state index in [2.05, 4.69) is 25.1 Å². The second-order valence-corrected chi connectivity index (χ2v) is 6.35. The SMILES string of the molecule is Cc1ccc2c(c1)C1(CCCCC1)C(CN)CC2. The van der Waals surface area contributed by atoms with Crippen LogP contribution in [0, 0.1) is 12.8 Å². The molecule has 0 aliphatic heterocycles. The summed E-state index contributed by atoms with van der Waals surface area (Å²) in [7, 11) is 0. The van der Waals surface area contributed by atoms with E-state index in [0.29, 0.717) is 11.3 Å². The third kappa shape index (κ3) is 1.80. The zero-order chi connectivity index (χ0) is 12.6. The first-order valence-corrected chi connectivity index (χ1v) is 7.56. The van der Waals surface area contributed by atoms with Crippen LogP contribution in [-0.2, 0) is 11.8 Å². The Morgan fingerprint density at radius 2 is 2.00 bits per heavy atom. The van der Waals surface area contributed by atoms with Crippen LogP contribution in [0.2, 0.25) is 0 Å². The number of aryl methyl sites for hydroxylation is 2. The van der Waals surface area contributed by atoms with Crippen molar-refractivity contribution in [2.45, 2.75) is 57.3 Å². The van der Waals surface area contributed by atoms with Gasteiger partial charge in [0.2, 0.25) is 0 Å². The first kappa shape index (κ1) is 12.2. The van der Waals surface area contributed by atoms with Gasteiger partial charge in [0.25, 0.3) is 0 Å². The van der Waals surface area contributed by atoms with Crippen LogP contribution in [0.5, 0.6) is 0 Å². The Morgan fingerprint density at radius 1 is 1.22 bits per heavy atom. The van der Waals surface area contributed by atoms with Crippen molar-refractivity contribution >= 4 is 0 Å². The minimum atomic E-state index is 0.423. The number of nitrogens with two attached hydrogens (primary N) is 1. The van der Waals surface area contributed by atoms with Gasteiger partial charge in [0.05, 0.1) is 0 Å². The molecule has 1 atom stereocenters. The molecule has 0 bridgehead atoms. The Labute approximate surface area is 111 Å². The van der Waals surface area contributed by atoms with Gasteiger partial charge in [-0.25, -0.2) is 0 Å². The van der Waals surface area contributed by atoms with Crippen LogP contribution < -0.4 is 5.73 Å². The summed E-state index contributed by atoms with van der Waals surface area (Å²) >= 11 is 0. The molecule has 2 aliphatic carbocycles. The molecule has 98 valence electrons. The molecule has 0 heterocycles. The maximum absolute atomic E-state index is 6.10. The van der Waals surface area contributed by atoms with E-state index in [-0.39, 0.29) is 0 Å². The smallest absolute Gasteiger partial charge is 0.000381 e. The number of benzene rings is 1. The van der Waals surface area contributed by atoms with Gasteiger partial charge in [-0.3, -0.25) is 0 Å². The van der Waals surface area contributed by atoms with Crippen molar-refractivity contribution in [3.8, 4) is 0 Å². The van der Waals surface area contributed by atoms with Crippen molar-refractivity contribution < 1.29 is 0 Å². The minimum absolute atomic E-state index is 0.423. The fourth-order valence-corrected chi connectivity index (χ4v) is 4.40. The Hall–Kier alpha value is -0.820. The Bertz CT molecular complexity index is 429. The summed E-state index contributed by atoms with van der Waals surface area (Å²) in [6, 6.07) is 7.11. The van der Waals surface area contributed by atoms with E-state index in [0.717, 1.165) is 6.54 Å². The molecule has 1 aromatic carbocycles. The highest BCUT2D eigenvalue weighted by atomic mass is 14.6. The van der Waals surface area contributed by atoms with E-state index in [1.165, 1.54) is 50.5 Å². The topological polar surface area (TPSA) is 26.0 Å². The Kier molecular flexibility index (Phi) is 3.19. The molecule has 0 aromatic heterocycles. The predicted octanol–water partition coefficient (Wildman–Crippen LogP) is 3.72. The van der Waals surface area contributed by atoms with Gasteiger partial charge in [-0.15, -0.1) is 0 Å². The van der Waals surface area contributed by atoms with E-state index in [1.54, 1.807) is 11.1 Å². The normalized spacial score (nSPS) is 26.0. The van der Waals surface area contributed by atoms with Crippen molar-refractivity contribution in [3.63, 3.8) is 0 Å². The Balaban J connectivity index is 2.10. The second kappa shape index (κ2) is 4.70. The van der Waals surface area contributed by atoms with Crippen molar-refractivity contribution in [1.82, 2.24) is 0 Å². The lowest BCUT2D eigenvalue weighted by Crippen LogP contribution is -2.44. The van der Waals surface area contributed by atoms with Gasteiger partial charge in [-0.05, 0) is 61.6 Å². The molecule has 1 spiro atoms. The molecule has 0 saturated heterocycles. The van der Waals surface area contributed by atoms with E-state index < -0.39 is 0 Å². The number of fused-ring (bicyclic) bond motifs is 2. The van der Waals surface area contributed by atoms with Crippen LogP contribution in [-0.4, -0.2) is 6.54 Å². The first-order valence-electron chi connectivity index (χ1n) is 7.56. The van der Waals surface area contributed by atoms with Gasteiger partial charge < -0.3 is 5.73 Å². The molecule has 18 heavy (non-hydrogen) atoms. The molecular weight excluding hydrogens is 218 g/mol. The average Bonchev–Trinajstić information content (AvgIpc) is 2.41. The second-order valence-electron chi connectivity index (χ2n) is 6.35. The lowest BCUT2D eigenvalue weighted by Gasteiger charge is -2.48. The monoisotopic (exact) mass is 243 g/mol. The molecule has 1 aromatic rings. The maximum atomic E-state index is 6.10. The lowest BCUT2D eigenvalue weighted by molar-refractivity contribution is 0.171.